The second-order valence-corrected chi connectivity index (χ2v) is 4.76. The highest BCUT2D eigenvalue weighted by molar-refractivity contribution is 5.29. The van der Waals surface area contributed by atoms with Gasteiger partial charge < -0.3 is 0 Å². The maximum Gasteiger partial charge on any atom is -0.0201 e. The molecular weight excluding hydrogens is 120 g/mol. The van der Waals surface area contributed by atoms with E-state index in [1.165, 1.54) is 24.2 Å². The van der Waals surface area contributed by atoms with Gasteiger partial charge in [0.15, 0.2) is 0 Å². The van der Waals surface area contributed by atoms with E-state index in [0.717, 1.165) is 11.3 Å². The smallest absolute Gasteiger partial charge is 0.0201 e. The lowest BCUT2D eigenvalue weighted by molar-refractivity contribution is 0.440. The lowest BCUT2D eigenvalue weighted by atomic mass is 10.00. The maximum atomic E-state index is 2.46. The molecule has 0 aromatic rings. The molecule has 0 amide bonds. The van der Waals surface area contributed by atoms with Crippen LogP contribution in [0.2, 0.25) is 0 Å². The monoisotopic (exact) mass is 136 g/mol. The van der Waals surface area contributed by atoms with E-state index in [1.807, 2.05) is 0 Å². The van der Waals surface area contributed by atoms with Crippen LogP contribution in [-0.4, -0.2) is 0 Å². The molecule has 0 radical (unpaired) electrons. The summed E-state index contributed by atoms with van der Waals surface area (Å²) in [5.74, 6) is 4.64. The van der Waals surface area contributed by atoms with Crippen LogP contribution < -0.4 is 0 Å². The van der Waals surface area contributed by atoms with Crippen molar-refractivity contribution < 1.29 is 0 Å². The SMILES string of the molecule is CCC1C2C[C@H](C)C3CC123. The van der Waals surface area contributed by atoms with E-state index in [0.29, 0.717) is 0 Å². The topological polar surface area (TPSA) is 0 Å². The Bertz CT molecular complexity index is 180. The zero-order valence-corrected chi connectivity index (χ0v) is 6.93. The van der Waals surface area contributed by atoms with Gasteiger partial charge >= 0.3 is 0 Å². The van der Waals surface area contributed by atoms with Gasteiger partial charge in [-0.25, -0.2) is 0 Å². The Morgan fingerprint density at radius 1 is 1.40 bits per heavy atom. The van der Waals surface area contributed by atoms with E-state index in [9.17, 15) is 0 Å². The predicted molar refractivity (Wildman–Crippen MR) is 41.6 cm³/mol. The molecule has 3 aliphatic carbocycles. The molecule has 0 aliphatic heterocycles. The number of rotatable bonds is 1. The molecule has 0 nitrogen and oxygen atoms in total. The van der Waals surface area contributed by atoms with Crippen molar-refractivity contribution in [1.29, 1.82) is 0 Å². The fourth-order valence-corrected chi connectivity index (χ4v) is 4.15. The molecule has 0 heteroatoms. The lowest BCUT2D eigenvalue weighted by Gasteiger charge is -2.06. The molecule has 4 unspecified atom stereocenters. The molecule has 1 spiro atoms. The minimum Gasteiger partial charge on any atom is -0.0651 e. The van der Waals surface area contributed by atoms with Crippen LogP contribution in [0.3, 0.4) is 0 Å². The molecule has 3 fully saturated rings. The van der Waals surface area contributed by atoms with Crippen LogP contribution in [0.5, 0.6) is 0 Å². The van der Waals surface area contributed by atoms with Crippen molar-refractivity contribution in [1.82, 2.24) is 0 Å². The fraction of sp³-hybridized carbons (Fsp3) is 1.00. The summed E-state index contributed by atoms with van der Waals surface area (Å²) in [5, 5.41) is 0. The molecule has 5 atom stereocenters. The Morgan fingerprint density at radius 3 is 2.60 bits per heavy atom. The highest BCUT2D eigenvalue weighted by Gasteiger charge is 2.81. The van der Waals surface area contributed by atoms with Crippen LogP contribution in [0.25, 0.3) is 0 Å². The van der Waals surface area contributed by atoms with Crippen molar-refractivity contribution in [2.24, 2.45) is 29.1 Å². The van der Waals surface area contributed by atoms with E-state index >= 15 is 0 Å². The van der Waals surface area contributed by atoms with Gasteiger partial charge in [-0.1, -0.05) is 20.3 Å². The second-order valence-electron chi connectivity index (χ2n) is 4.76. The van der Waals surface area contributed by atoms with E-state index in [-0.39, 0.29) is 0 Å². The van der Waals surface area contributed by atoms with Crippen LogP contribution in [-0.2, 0) is 0 Å². The van der Waals surface area contributed by atoms with Crippen LogP contribution in [0.1, 0.15) is 33.1 Å². The lowest BCUT2D eigenvalue weighted by Crippen LogP contribution is -1.97. The van der Waals surface area contributed by atoms with Crippen LogP contribution in [0, 0.1) is 29.1 Å². The molecule has 0 saturated heterocycles. The molecule has 0 aromatic carbocycles. The Morgan fingerprint density at radius 2 is 2.20 bits per heavy atom. The summed E-state index contributed by atoms with van der Waals surface area (Å²) in [4.78, 5) is 0. The molecule has 56 valence electrons. The van der Waals surface area contributed by atoms with Crippen LogP contribution in [0.15, 0.2) is 0 Å². The highest BCUT2D eigenvalue weighted by atomic mass is 14.8. The third kappa shape index (κ3) is 0.360. The largest absolute Gasteiger partial charge is 0.0651 e. The number of hydrogen-bond acceptors (Lipinski definition) is 0. The maximum absolute atomic E-state index is 2.46. The van der Waals surface area contributed by atoms with Crippen LogP contribution >= 0.6 is 0 Å². The van der Waals surface area contributed by atoms with Gasteiger partial charge in [-0.3, -0.25) is 0 Å². The summed E-state index contributed by atoms with van der Waals surface area (Å²) in [7, 11) is 0. The first kappa shape index (κ1) is 5.62. The normalized spacial score (nSPS) is 69.0. The molecule has 3 rings (SSSR count). The molecule has 10 heavy (non-hydrogen) atoms. The third-order valence-corrected chi connectivity index (χ3v) is 4.61. The van der Waals surface area contributed by atoms with Crippen molar-refractivity contribution in [3.05, 3.63) is 0 Å². The Balaban J connectivity index is 1.86. The summed E-state index contributed by atoms with van der Waals surface area (Å²) >= 11 is 0. The van der Waals surface area contributed by atoms with Gasteiger partial charge in [-0.2, -0.15) is 0 Å². The summed E-state index contributed by atoms with van der Waals surface area (Å²) in [6, 6.07) is 0. The van der Waals surface area contributed by atoms with E-state index < -0.39 is 0 Å². The Kier molecular flexibility index (Phi) is 0.735. The average Bonchev–Trinajstić information content (AvgIpc) is 2.73. The summed E-state index contributed by atoms with van der Waals surface area (Å²) in [5.41, 5.74) is 0.966. The van der Waals surface area contributed by atoms with E-state index in [1.54, 1.807) is 12.8 Å². The van der Waals surface area contributed by atoms with Gasteiger partial charge in [0, 0.05) is 0 Å². The minimum atomic E-state index is 0.966. The first-order chi connectivity index (χ1) is 4.80. The summed E-state index contributed by atoms with van der Waals surface area (Å²) in [6.07, 6.45) is 4.65. The minimum absolute atomic E-state index is 0.966. The predicted octanol–water partition coefficient (Wildman–Crippen LogP) is 2.69. The Hall–Kier alpha value is 0. The highest BCUT2D eigenvalue weighted by Crippen LogP contribution is 2.87. The average molecular weight is 136 g/mol. The zero-order chi connectivity index (χ0) is 6.93. The second kappa shape index (κ2) is 1.31. The molecule has 3 aliphatic rings. The van der Waals surface area contributed by atoms with E-state index in [2.05, 4.69) is 13.8 Å². The van der Waals surface area contributed by atoms with Gasteiger partial charge in [0.2, 0.25) is 0 Å². The molecule has 3 saturated carbocycles. The quantitative estimate of drug-likeness (QED) is 0.520. The molecule has 0 heterocycles. The first-order valence-corrected chi connectivity index (χ1v) is 4.80. The number of hydrogen-bond donors (Lipinski definition) is 0. The van der Waals surface area contributed by atoms with Gasteiger partial charge in [0.1, 0.15) is 0 Å². The van der Waals surface area contributed by atoms with Crippen molar-refractivity contribution in [3.63, 3.8) is 0 Å². The van der Waals surface area contributed by atoms with Crippen molar-refractivity contribution in [2.75, 3.05) is 0 Å². The van der Waals surface area contributed by atoms with Crippen molar-refractivity contribution in [3.8, 4) is 0 Å². The van der Waals surface area contributed by atoms with E-state index in [4.69, 9.17) is 0 Å². The first-order valence-electron chi connectivity index (χ1n) is 4.80. The molecule has 0 aromatic heterocycles. The summed E-state index contributed by atoms with van der Waals surface area (Å²) in [6.45, 7) is 4.83. The Labute approximate surface area is 63.0 Å². The van der Waals surface area contributed by atoms with Gasteiger partial charge in [0.25, 0.3) is 0 Å². The van der Waals surface area contributed by atoms with Crippen LogP contribution in [0.4, 0.5) is 0 Å². The molecule has 0 N–H and O–H groups in total. The standard InChI is InChI=1S/C10H16/c1-3-7-8-4-6(2)9-5-10(7,8)9/h6-9H,3-5H2,1-2H3/t6-,7?,8?,9?,10?/m0/s1. The van der Waals surface area contributed by atoms with Crippen molar-refractivity contribution in [2.45, 2.75) is 33.1 Å². The molecular formula is C10H16. The summed E-state index contributed by atoms with van der Waals surface area (Å²) < 4.78 is 0. The van der Waals surface area contributed by atoms with Gasteiger partial charge in [0.05, 0.1) is 0 Å². The third-order valence-electron chi connectivity index (χ3n) is 4.61. The zero-order valence-electron chi connectivity index (χ0n) is 6.93. The van der Waals surface area contributed by atoms with Gasteiger partial charge in [-0.15, -0.1) is 0 Å². The molecule has 0 bridgehead atoms. The fourth-order valence-electron chi connectivity index (χ4n) is 4.15. The van der Waals surface area contributed by atoms with Crippen molar-refractivity contribution >= 4 is 0 Å². The van der Waals surface area contributed by atoms with Gasteiger partial charge in [-0.05, 0) is 41.9 Å².